The number of carbonyl (C=O) groups excluding carboxylic acids is 2. The van der Waals surface area contributed by atoms with Gasteiger partial charge in [0.25, 0.3) is 0 Å². The maximum absolute atomic E-state index is 14.2. The number of hydrogen-bond donors (Lipinski definition) is 1. The molecule has 8 nitrogen and oxygen atoms in total. The Balaban J connectivity index is 1.71. The summed E-state index contributed by atoms with van der Waals surface area (Å²) in [6, 6.07) is 7.59. The minimum absolute atomic E-state index is 0.133. The van der Waals surface area contributed by atoms with Crippen molar-refractivity contribution in [1.82, 2.24) is 25.1 Å². The lowest BCUT2D eigenvalue weighted by atomic mass is 10.1. The van der Waals surface area contributed by atoms with Crippen molar-refractivity contribution in [1.29, 1.82) is 0 Å². The highest BCUT2D eigenvalue weighted by Crippen LogP contribution is 2.13. The molecule has 1 N–H and O–H groups in total. The molecule has 0 saturated carbocycles. The average molecular weight is 389 g/mol. The topological polar surface area (TPSA) is 98.9 Å². The van der Waals surface area contributed by atoms with Gasteiger partial charge >= 0.3 is 5.69 Å². The van der Waals surface area contributed by atoms with Crippen LogP contribution in [0.4, 0.5) is 4.39 Å². The van der Waals surface area contributed by atoms with Crippen LogP contribution < -0.4 is 11.0 Å². The molecule has 0 aliphatic carbocycles. The number of hydrogen-bond acceptors (Lipinski definition) is 6. The van der Waals surface area contributed by atoms with Crippen molar-refractivity contribution in [2.75, 3.05) is 6.54 Å². The SMILES string of the molecule is CC(=O)NCCc1ccc(C(=O)Cn2nnn(-c3cccs3)c2=O)cc1F. The molecule has 2 aromatic heterocycles. The van der Waals surface area contributed by atoms with E-state index in [0.29, 0.717) is 23.5 Å². The van der Waals surface area contributed by atoms with Crippen molar-refractivity contribution in [3.63, 3.8) is 0 Å². The van der Waals surface area contributed by atoms with Crippen molar-refractivity contribution in [3.8, 4) is 5.00 Å². The molecule has 0 fully saturated rings. The molecule has 3 aromatic rings. The van der Waals surface area contributed by atoms with Crippen LogP contribution in [0, 0.1) is 5.82 Å². The molecular formula is C17H16FN5O3S. The summed E-state index contributed by atoms with van der Waals surface area (Å²) in [6.07, 6.45) is 0.314. The molecule has 3 rings (SSSR count). The zero-order chi connectivity index (χ0) is 19.4. The average Bonchev–Trinajstić information content (AvgIpc) is 3.26. The molecule has 0 saturated heterocycles. The molecule has 0 aliphatic heterocycles. The molecule has 1 aromatic carbocycles. The standard InChI is InChI=1S/C17H16FN5O3S/c1-11(24)19-7-6-12-4-5-13(9-14(12)18)15(25)10-22-17(26)23(21-20-22)16-3-2-8-27-16/h2-5,8-9H,6-7,10H2,1H3,(H,19,24). The number of nitrogens with one attached hydrogen (secondary N) is 1. The van der Waals surface area contributed by atoms with E-state index in [9.17, 15) is 18.8 Å². The Morgan fingerprint density at radius 3 is 2.74 bits per heavy atom. The number of halogens is 1. The van der Waals surface area contributed by atoms with Gasteiger partial charge in [-0.05, 0) is 46.0 Å². The molecule has 0 aliphatic rings. The summed E-state index contributed by atoms with van der Waals surface area (Å²) in [6.45, 7) is 1.35. The predicted molar refractivity (Wildman–Crippen MR) is 96.6 cm³/mol. The van der Waals surface area contributed by atoms with Gasteiger partial charge in [0, 0.05) is 19.0 Å². The second-order valence-electron chi connectivity index (χ2n) is 5.74. The third-order valence-electron chi connectivity index (χ3n) is 3.79. The molecular weight excluding hydrogens is 373 g/mol. The van der Waals surface area contributed by atoms with E-state index in [1.54, 1.807) is 17.5 Å². The summed E-state index contributed by atoms with van der Waals surface area (Å²) in [5, 5.41) is 12.4. The van der Waals surface area contributed by atoms with Crippen LogP contribution in [-0.4, -0.2) is 38.0 Å². The molecule has 0 radical (unpaired) electrons. The third-order valence-corrected chi connectivity index (χ3v) is 4.63. The lowest BCUT2D eigenvalue weighted by molar-refractivity contribution is -0.118. The summed E-state index contributed by atoms with van der Waals surface area (Å²) in [5.41, 5.74) is -0.0207. The highest BCUT2D eigenvalue weighted by molar-refractivity contribution is 7.12. The molecule has 0 spiro atoms. The van der Waals surface area contributed by atoms with Gasteiger partial charge in [-0.15, -0.1) is 11.3 Å². The van der Waals surface area contributed by atoms with Crippen LogP contribution in [0.1, 0.15) is 22.8 Å². The van der Waals surface area contributed by atoms with Gasteiger partial charge in [0.2, 0.25) is 5.91 Å². The zero-order valence-corrected chi connectivity index (χ0v) is 15.2. The van der Waals surface area contributed by atoms with E-state index >= 15 is 0 Å². The summed E-state index contributed by atoms with van der Waals surface area (Å²) in [4.78, 5) is 35.5. The zero-order valence-electron chi connectivity index (χ0n) is 14.4. The second-order valence-corrected chi connectivity index (χ2v) is 6.67. The second kappa shape index (κ2) is 8.04. The summed E-state index contributed by atoms with van der Waals surface area (Å²) < 4.78 is 16.2. The van der Waals surface area contributed by atoms with Gasteiger partial charge in [0.15, 0.2) is 5.78 Å². The van der Waals surface area contributed by atoms with Crippen LogP contribution in [0.3, 0.4) is 0 Å². The van der Waals surface area contributed by atoms with E-state index in [1.807, 2.05) is 0 Å². The van der Waals surface area contributed by atoms with E-state index in [2.05, 4.69) is 15.7 Å². The molecule has 0 bridgehead atoms. The molecule has 27 heavy (non-hydrogen) atoms. The van der Waals surface area contributed by atoms with Crippen LogP contribution in [0.5, 0.6) is 0 Å². The fourth-order valence-corrected chi connectivity index (χ4v) is 3.09. The molecule has 140 valence electrons. The molecule has 2 heterocycles. The van der Waals surface area contributed by atoms with Gasteiger partial charge in [-0.2, -0.15) is 9.36 Å². The number of benzene rings is 1. The number of rotatable bonds is 7. The Morgan fingerprint density at radius 1 is 1.26 bits per heavy atom. The molecule has 0 atom stereocenters. The Hall–Kier alpha value is -3.14. The molecule has 1 amide bonds. The first-order chi connectivity index (χ1) is 13.0. The number of aromatic nitrogens is 4. The number of thiophene rings is 1. The van der Waals surface area contributed by atoms with Crippen LogP contribution in [0.25, 0.3) is 5.00 Å². The highest BCUT2D eigenvalue weighted by atomic mass is 32.1. The predicted octanol–water partition coefficient (Wildman–Crippen LogP) is 1.19. The van der Waals surface area contributed by atoms with E-state index < -0.39 is 17.3 Å². The lowest BCUT2D eigenvalue weighted by Gasteiger charge is -2.06. The van der Waals surface area contributed by atoms with Crippen LogP contribution in [0.2, 0.25) is 0 Å². The van der Waals surface area contributed by atoms with E-state index in [1.165, 1.54) is 30.4 Å². The number of ketones is 1. The maximum atomic E-state index is 14.2. The van der Waals surface area contributed by atoms with Gasteiger partial charge in [0.1, 0.15) is 17.4 Å². The van der Waals surface area contributed by atoms with Crippen molar-refractivity contribution in [2.45, 2.75) is 19.9 Å². The first-order valence-corrected chi connectivity index (χ1v) is 8.96. The van der Waals surface area contributed by atoms with Crippen LogP contribution in [-0.2, 0) is 17.8 Å². The summed E-state index contributed by atoms with van der Waals surface area (Å²) in [7, 11) is 0. The number of tetrazole rings is 1. The first kappa shape index (κ1) is 18.6. The highest BCUT2D eigenvalue weighted by Gasteiger charge is 2.15. The van der Waals surface area contributed by atoms with Crippen molar-refractivity contribution < 1.29 is 14.0 Å². The molecule has 0 unspecified atom stereocenters. The van der Waals surface area contributed by atoms with Gasteiger partial charge < -0.3 is 5.32 Å². The fourth-order valence-electron chi connectivity index (χ4n) is 2.43. The Labute approximate surface area is 157 Å². The van der Waals surface area contributed by atoms with E-state index in [4.69, 9.17) is 0 Å². The van der Waals surface area contributed by atoms with Crippen LogP contribution in [0.15, 0.2) is 40.5 Å². The Kier molecular flexibility index (Phi) is 5.55. The van der Waals surface area contributed by atoms with E-state index in [0.717, 1.165) is 15.4 Å². The van der Waals surface area contributed by atoms with Gasteiger partial charge in [-0.1, -0.05) is 12.1 Å². The van der Waals surface area contributed by atoms with Gasteiger partial charge in [-0.25, -0.2) is 9.18 Å². The smallest absolute Gasteiger partial charge is 0.356 e. The fraction of sp³-hybridized carbons (Fsp3) is 0.235. The van der Waals surface area contributed by atoms with E-state index in [-0.39, 0.29) is 18.0 Å². The number of nitrogens with zero attached hydrogens (tertiary/aromatic N) is 4. The summed E-state index contributed by atoms with van der Waals surface area (Å²) >= 11 is 1.32. The van der Waals surface area contributed by atoms with Crippen molar-refractivity contribution in [2.24, 2.45) is 0 Å². The van der Waals surface area contributed by atoms with Crippen molar-refractivity contribution >= 4 is 23.0 Å². The molecule has 10 heteroatoms. The Bertz CT molecular complexity index is 1030. The number of Topliss-reactive ketones (excluding diaryl/α,β-unsaturated/α-hetero) is 1. The quantitative estimate of drug-likeness (QED) is 0.612. The minimum atomic E-state index is -0.543. The van der Waals surface area contributed by atoms with Gasteiger partial charge in [-0.3, -0.25) is 9.59 Å². The maximum Gasteiger partial charge on any atom is 0.369 e. The lowest BCUT2D eigenvalue weighted by Crippen LogP contribution is -2.27. The minimum Gasteiger partial charge on any atom is -0.356 e. The summed E-state index contributed by atoms with van der Waals surface area (Å²) in [5.74, 6) is -1.19. The monoisotopic (exact) mass is 389 g/mol. The first-order valence-electron chi connectivity index (χ1n) is 8.08. The van der Waals surface area contributed by atoms with Crippen molar-refractivity contribution in [3.05, 3.63) is 63.1 Å². The number of amides is 1. The largest absolute Gasteiger partial charge is 0.369 e. The van der Waals surface area contributed by atoms with Crippen LogP contribution >= 0.6 is 11.3 Å². The Morgan fingerprint density at radius 2 is 2.07 bits per heavy atom. The normalized spacial score (nSPS) is 10.7. The van der Waals surface area contributed by atoms with Gasteiger partial charge in [0.05, 0.1) is 0 Å². The third kappa shape index (κ3) is 4.34. The number of carbonyl (C=O) groups is 2.